The Morgan fingerprint density at radius 2 is 1.84 bits per heavy atom. The van der Waals surface area contributed by atoms with Crippen molar-refractivity contribution in [2.24, 2.45) is 23.7 Å². The van der Waals surface area contributed by atoms with E-state index in [9.17, 15) is 9.18 Å². The van der Waals surface area contributed by atoms with Crippen LogP contribution in [0.3, 0.4) is 0 Å². The molecule has 0 spiro atoms. The largest absolute Gasteiger partial charge is 0.480 e. The molecule has 0 unspecified atom stereocenters. The van der Waals surface area contributed by atoms with Gasteiger partial charge >= 0.3 is 5.97 Å². The Kier molecular flexibility index (Phi) is 5.78. The minimum atomic E-state index is -0.535. The lowest BCUT2D eigenvalue weighted by Crippen LogP contribution is -2.59. The lowest BCUT2D eigenvalue weighted by atomic mass is 9.50. The van der Waals surface area contributed by atoms with Gasteiger partial charge in [0.05, 0.1) is 18.8 Å². The van der Waals surface area contributed by atoms with Crippen LogP contribution in [0.2, 0.25) is 0 Å². The van der Waals surface area contributed by atoms with Crippen molar-refractivity contribution in [3.05, 3.63) is 42.2 Å². The maximum atomic E-state index is 14.7. The fourth-order valence-electron chi connectivity index (χ4n) is 6.54. The van der Waals surface area contributed by atoms with Gasteiger partial charge in [0, 0.05) is 31.5 Å². The third kappa shape index (κ3) is 4.00. The first-order valence-electron chi connectivity index (χ1n) is 11.7. The Balaban J connectivity index is 1.27. The van der Waals surface area contributed by atoms with Crippen molar-refractivity contribution in [3.63, 3.8) is 0 Å². The summed E-state index contributed by atoms with van der Waals surface area (Å²) < 4.78 is 31.9. The number of carbonyl (C=O) groups is 1. The molecule has 31 heavy (non-hydrogen) atoms. The predicted molar refractivity (Wildman–Crippen MR) is 115 cm³/mol. The Labute approximate surface area is 183 Å². The van der Waals surface area contributed by atoms with Gasteiger partial charge in [0.25, 0.3) is 0 Å². The molecule has 1 saturated heterocycles. The van der Waals surface area contributed by atoms with E-state index in [4.69, 9.17) is 14.2 Å². The van der Waals surface area contributed by atoms with Gasteiger partial charge in [-0.3, -0.25) is 4.90 Å². The zero-order valence-electron chi connectivity index (χ0n) is 18.1. The number of benzene rings is 1. The Bertz CT molecular complexity index is 807. The molecule has 5 fully saturated rings. The Morgan fingerprint density at radius 1 is 1.16 bits per heavy atom. The van der Waals surface area contributed by atoms with Gasteiger partial charge in [-0.05, 0) is 68.2 Å². The smallest absolute Gasteiger partial charge is 0.338 e. The maximum absolute atomic E-state index is 14.7. The van der Waals surface area contributed by atoms with Crippen LogP contribution in [-0.4, -0.2) is 55.9 Å². The van der Waals surface area contributed by atoms with Crippen molar-refractivity contribution in [1.82, 2.24) is 4.90 Å². The number of hydrogen-bond donors (Lipinski definition) is 0. The molecule has 4 bridgehead atoms. The van der Waals surface area contributed by atoms with Gasteiger partial charge < -0.3 is 14.2 Å². The number of morpholine rings is 1. The van der Waals surface area contributed by atoms with Crippen molar-refractivity contribution in [2.45, 2.75) is 37.7 Å². The standard InChI is InChI=1S/C25H32FNO4/c1-2-25(20-12-17-11-18(14-20)15-21(25)13-17)31-23-16-19(3-4-22(23)26)24(28)30-10-7-27-5-8-29-9-6-27/h2-4,16-18,20-21H,1,5-15H2. The predicted octanol–water partition coefficient (Wildman–Crippen LogP) is 4.07. The normalized spacial score (nSPS) is 34.5. The zero-order chi connectivity index (χ0) is 21.4. The molecule has 1 aromatic carbocycles. The molecule has 6 heteroatoms. The van der Waals surface area contributed by atoms with E-state index in [-0.39, 0.29) is 5.75 Å². The average Bonchev–Trinajstić information content (AvgIpc) is 2.78. The molecule has 1 aromatic rings. The monoisotopic (exact) mass is 429 g/mol. The van der Waals surface area contributed by atoms with E-state index in [1.165, 1.54) is 24.6 Å². The van der Waals surface area contributed by atoms with Crippen molar-refractivity contribution in [2.75, 3.05) is 39.5 Å². The quantitative estimate of drug-likeness (QED) is 0.483. The topological polar surface area (TPSA) is 48.0 Å². The molecule has 0 atom stereocenters. The Hall–Kier alpha value is -1.92. The fraction of sp³-hybridized carbons (Fsp3) is 0.640. The van der Waals surface area contributed by atoms with E-state index in [0.717, 1.165) is 50.6 Å². The molecular formula is C25H32FNO4. The lowest BCUT2D eigenvalue weighted by Gasteiger charge is -2.59. The fourth-order valence-corrected chi connectivity index (χ4v) is 6.54. The van der Waals surface area contributed by atoms with Crippen molar-refractivity contribution in [3.8, 4) is 5.75 Å². The van der Waals surface area contributed by atoms with Crippen LogP contribution in [0.25, 0.3) is 0 Å². The van der Waals surface area contributed by atoms with Crippen molar-refractivity contribution in [1.29, 1.82) is 0 Å². The summed E-state index contributed by atoms with van der Waals surface area (Å²) in [5.41, 5.74) is -0.214. The van der Waals surface area contributed by atoms with E-state index in [1.54, 1.807) is 0 Å². The number of ether oxygens (including phenoxy) is 3. The highest BCUT2D eigenvalue weighted by Gasteiger charge is 2.57. The van der Waals surface area contributed by atoms with Gasteiger partial charge in [0.15, 0.2) is 11.6 Å². The summed E-state index contributed by atoms with van der Waals surface area (Å²) in [4.78, 5) is 14.8. The molecule has 168 valence electrons. The summed E-state index contributed by atoms with van der Waals surface area (Å²) in [6.07, 6.45) is 7.76. The summed E-state index contributed by atoms with van der Waals surface area (Å²) in [5, 5.41) is 0. The number of halogens is 1. The molecule has 0 amide bonds. The van der Waals surface area contributed by atoms with Gasteiger partial charge in [-0.1, -0.05) is 6.58 Å². The molecule has 0 radical (unpaired) electrons. The number of carbonyl (C=O) groups excluding carboxylic acids is 1. The summed E-state index contributed by atoms with van der Waals surface area (Å²) >= 11 is 0. The molecule has 5 aliphatic rings. The average molecular weight is 430 g/mol. The van der Waals surface area contributed by atoms with Crippen LogP contribution in [0.1, 0.15) is 42.5 Å². The van der Waals surface area contributed by atoms with Crippen molar-refractivity contribution < 1.29 is 23.4 Å². The number of hydrogen-bond acceptors (Lipinski definition) is 5. The van der Waals surface area contributed by atoms with Crippen LogP contribution in [-0.2, 0) is 9.47 Å². The maximum Gasteiger partial charge on any atom is 0.338 e. The van der Waals surface area contributed by atoms with Crippen LogP contribution in [0.4, 0.5) is 4.39 Å². The van der Waals surface area contributed by atoms with E-state index in [1.807, 2.05) is 6.08 Å². The minimum Gasteiger partial charge on any atom is -0.480 e. The lowest BCUT2D eigenvalue weighted by molar-refractivity contribution is -0.128. The van der Waals surface area contributed by atoms with E-state index in [0.29, 0.717) is 43.8 Å². The van der Waals surface area contributed by atoms with E-state index < -0.39 is 17.4 Å². The number of rotatable bonds is 7. The van der Waals surface area contributed by atoms with Crippen LogP contribution >= 0.6 is 0 Å². The minimum absolute atomic E-state index is 0.134. The third-order valence-corrected chi connectivity index (χ3v) is 7.93. The second-order valence-electron chi connectivity index (χ2n) is 9.70. The molecular weight excluding hydrogens is 397 g/mol. The van der Waals surface area contributed by atoms with Crippen LogP contribution in [0.15, 0.2) is 30.9 Å². The van der Waals surface area contributed by atoms with Gasteiger partial charge in [-0.2, -0.15) is 0 Å². The van der Waals surface area contributed by atoms with E-state index >= 15 is 0 Å². The molecule has 5 nitrogen and oxygen atoms in total. The van der Waals surface area contributed by atoms with Crippen molar-refractivity contribution >= 4 is 5.97 Å². The molecule has 0 aromatic heterocycles. The second-order valence-corrected chi connectivity index (χ2v) is 9.70. The molecule has 1 heterocycles. The van der Waals surface area contributed by atoms with Gasteiger partial charge in [-0.25, -0.2) is 9.18 Å². The highest BCUT2D eigenvalue weighted by Crippen LogP contribution is 2.60. The first-order chi connectivity index (χ1) is 15.1. The molecule has 6 rings (SSSR count). The summed E-state index contributed by atoms with van der Waals surface area (Å²) in [5.74, 6) is 1.55. The van der Waals surface area contributed by atoms with Crippen LogP contribution in [0.5, 0.6) is 5.75 Å². The van der Waals surface area contributed by atoms with Crippen LogP contribution < -0.4 is 4.74 Å². The summed E-state index contributed by atoms with van der Waals surface area (Å²) in [6, 6.07) is 4.28. The highest BCUT2D eigenvalue weighted by molar-refractivity contribution is 5.89. The molecule has 1 aliphatic heterocycles. The number of nitrogens with zero attached hydrogens (tertiary/aromatic N) is 1. The first kappa shape index (κ1) is 21.0. The summed E-state index contributed by atoms with van der Waals surface area (Å²) in [6.45, 7) is 8.18. The Morgan fingerprint density at radius 3 is 2.48 bits per heavy atom. The molecule has 4 saturated carbocycles. The number of esters is 1. The summed E-state index contributed by atoms with van der Waals surface area (Å²) in [7, 11) is 0. The SMILES string of the molecule is C=CC1(Oc2cc(C(=O)OCCN3CCOCC3)ccc2F)C2CC3CC(C2)CC1C3. The second kappa shape index (κ2) is 8.55. The third-order valence-electron chi connectivity index (χ3n) is 7.93. The van der Waals surface area contributed by atoms with E-state index in [2.05, 4.69) is 11.5 Å². The highest BCUT2D eigenvalue weighted by atomic mass is 19.1. The zero-order valence-corrected chi connectivity index (χ0v) is 18.1. The van der Waals surface area contributed by atoms with Gasteiger partial charge in [0.1, 0.15) is 12.2 Å². The van der Waals surface area contributed by atoms with Gasteiger partial charge in [0.2, 0.25) is 0 Å². The van der Waals surface area contributed by atoms with Gasteiger partial charge in [-0.15, -0.1) is 0 Å². The van der Waals surface area contributed by atoms with Crippen LogP contribution in [0, 0.1) is 29.5 Å². The molecule has 4 aliphatic carbocycles. The first-order valence-corrected chi connectivity index (χ1v) is 11.7. The molecule has 0 N–H and O–H groups in total.